The zero-order valence-electron chi connectivity index (χ0n) is 12.5. The molecule has 0 aliphatic carbocycles. The Hall–Kier alpha value is -2.37. The van der Waals surface area contributed by atoms with Crippen molar-refractivity contribution in [1.29, 1.82) is 0 Å². The van der Waals surface area contributed by atoms with Gasteiger partial charge in [-0.3, -0.25) is 9.59 Å². The SMILES string of the molecule is Cc1c(C(=O)N(CC(N)=O)CC(C)C)ccc2cncn12. The molecule has 6 nitrogen and oxygen atoms in total. The summed E-state index contributed by atoms with van der Waals surface area (Å²) in [6.07, 6.45) is 3.40. The summed E-state index contributed by atoms with van der Waals surface area (Å²) in [4.78, 5) is 29.4. The fourth-order valence-corrected chi connectivity index (χ4v) is 2.37. The van der Waals surface area contributed by atoms with Crippen molar-refractivity contribution in [2.24, 2.45) is 11.7 Å². The van der Waals surface area contributed by atoms with Crippen molar-refractivity contribution in [2.75, 3.05) is 13.1 Å². The van der Waals surface area contributed by atoms with Crippen molar-refractivity contribution in [3.8, 4) is 0 Å². The van der Waals surface area contributed by atoms with Crippen LogP contribution in [-0.4, -0.2) is 39.2 Å². The molecule has 0 aliphatic heterocycles. The first-order valence-electron chi connectivity index (χ1n) is 6.89. The molecule has 0 spiro atoms. The molecule has 0 unspecified atom stereocenters. The van der Waals surface area contributed by atoms with Gasteiger partial charge in [-0.2, -0.15) is 0 Å². The molecule has 2 amide bonds. The number of hydrogen-bond donors (Lipinski definition) is 1. The highest BCUT2D eigenvalue weighted by molar-refractivity contribution is 5.97. The minimum absolute atomic E-state index is 0.0710. The second kappa shape index (κ2) is 5.95. The average Bonchev–Trinajstić information content (AvgIpc) is 2.86. The minimum Gasteiger partial charge on any atom is -0.368 e. The second-order valence-corrected chi connectivity index (χ2v) is 5.57. The Morgan fingerprint density at radius 3 is 2.71 bits per heavy atom. The fraction of sp³-hybridized carbons (Fsp3) is 0.400. The Bertz CT molecular complexity index is 675. The van der Waals surface area contributed by atoms with E-state index in [9.17, 15) is 9.59 Å². The molecule has 0 radical (unpaired) electrons. The van der Waals surface area contributed by atoms with Crippen molar-refractivity contribution < 1.29 is 9.59 Å². The van der Waals surface area contributed by atoms with Crippen molar-refractivity contribution in [1.82, 2.24) is 14.3 Å². The zero-order valence-corrected chi connectivity index (χ0v) is 12.5. The highest BCUT2D eigenvalue weighted by Crippen LogP contribution is 2.15. The van der Waals surface area contributed by atoms with Gasteiger partial charge in [-0.15, -0.1) is 0 Å². The second-order valence-electron chi connectivity index (χ2n) is 5.57. The van der Waals surface area contributed by atoms with Crippen molar-refractivity contribution >= 4 is 17.3 Å². The maximum atomic E-state index is 12.7. The largest absolute Gasteiger partial charge is 0.368 e. The fourth-order valence-electron chi connectivity index (χ4n) is 2.37. The molecule has 6 heteroatoms. The summed E-state index contributed by atoms with van der Waals surface area (Å²) in [5.74, 6) is -0.438. The van der Waals surface area contributed by atoms with E-state index in [1.807, 2.05) is 31.2 Å². The first-order valence-corrected chi connectivity index (χ1v) is 6.89. The van der Waals surface area contributed by atoms with E-state index in [2.05, 4.69) is 4.98 Å². The first-order chi connectivity index (χ1) is 9.90. The van der Waals surface area contributed by atoms with Gasteiger partial charge in [0.15, 0.2) is 0 Å². The van der Waals surface area contributed by atoms with Crippen molar-refractivity contribution in [3.63, 3.8) is 0 Å². The number of nitrogens with two attached hydrogens (primary N) is 1. The summed E-state index contributed by atoms with van der Waals surface area (Å²) < 4.78 is 1.85. The highest BCUT2D eigenvalue weighted by atomic mass is 16.2. The molecule has 0 aliphatic rings. The lowest BCUT2D eigenvalue weighted by molar-refractivity contribution is -0.118. The van der Waals surface area contributed by atoms with E-state index in [1.165, 1.54) is 4.90 Å². The van der Waals surface area contributed by atoms with Crippen LogP contribution in [0.2, 0.25) is 0 Å². The number of fused-ring (bicyclic) bond motifs is 1. The standard InChI is InChI=1S/C15H20N4O2/c1-10(2)7-18(8-14(16)20)15(21)13-5-4-12-6-17-9-19(12)11(13)3/h4-6,9-10H,7-8H2,1-3H3,(H2,16,20). The van der Waals surface area contributed by atoms with Gasteiger partial charge in [0.1, 0.15) is 0 Å². The predicted octanol–water partition coefficient (Wildman–Crippen LogP) is 1.23. The van der Waals surface area contributed by atoms with Crippen LogP contribution in [0.3, 0.4) is 0 Å². The Labute approximate surface area is 123 Å². The number of aryl methyl sites for hydroxylation is 1. The summed E-state index contributed by atoms with van der Waals surface area (Å²) in [7, 11) is 0. The number of amides is 2. The monoisotopic (exact) mass is 288 g/mol. The third-order valence-corrected chi connectivity index (χ3v) is 3.29. The van der Waals surface area contributed by atoms with E-state index in [0.717, 1.165) is 11.2 Å². The van der Waals surface area contributed by atoms with Crippen molar-refractivity contribution in [3.05, 3.63) is 35.9 Å². The lowest BCUT2D eigenvalue weighted by Crippen LogP contribution is -2.41. The molecule has 0 atom stereocenters. The van der Waals surface area contributed by atoms with Crippen LogP contribution in [0.15, 0.2) is 24.7 Å². The summed E-state index contributed by atoms with van der Waals surface area (Å²) in [5.41, 5.74) is 7.53. The van der Waals surface area contributed by atoms with Crippen LogP contribution in [0, 0.1) is 12.8 Å². The maximum absolute atomic E-state index is 12.7. The molecular formula is C15H20N4O2. The first kappa shape index (κ1) is 15.0. The number of aromatic nitrogens is 2. The third-order valence-electron chi connectivity index (χ3n) is 3.29. The van der Waals surface area contributed by atoms with Crippen LogP contribution in [0.4, 0.5) is 0 Å². The molecular weight excluding hydrogens is 268 g/mol. The average molecular weight is 288 g/mol. The summed E-state index contributed by atoms with van der Waals surface area (Å²) in [5, 5.41) is 0. The molecule has 2 N–H and O–H groups in total. The molecule has 0 saturated carbocycles. The van der Waals surface area contributed by atoms with E-state index < -0.39 is 5.91 Å². The predicted molar refractivity (Wildman–Crippen MR) is 79.9 cm³/mol. The Morgan fingerprint density at radius 2 is 2.10 bits per heavy atom. The maximum Gasteiger partial charge on any atom is 0.256 e. The van der Waals surface area contributed by atoms with Crippen LogP contribution in [-0.2, 0) is 4.79 Å². The molecule has 112 valence electrons. The van der Waals surface area contributed by atoms with Crippen molar-refractivity contribution in [2.45, 2.75) is 20.8 Å². The molecule has 21 heavy (non-hydrogen) atoms. The number of pyridine rings is 1. The van der Waals surface area contributed by atoms with Gasteiger partial charge >= 0.3 is 0 Å². The molecule has 2 aromatic rings. The molecule has 0 bridgehead atoms. The Morgan fingerprint density at radius 1 is 1.38 bits per heavy atom. The van der Waals surface area contributed by atoms with E-state index in [0.29, 0.717) is 12.1 Å². The van der Waals surface area contributed by atoms with E-state index in [-0.39, 0.29) is 18.4 Å². The lowest BCUT2D eigenvalue weighted by atomic mass is 10.1. The van der Waals surface area contributed by atoms with Crippen LogP contribution in [0.1, 0.15) is 29.9 Å². The number of rotatable bonds is 5. The molecule has 0 aromatic carbocycles. The summed E-state index contributed by atoms with van der Waals surface area (Å²) in [6, 6.07) is 3.61. The van der Waals surface area contributed by atoms with Gasteiger partial charge in [0.05, 0.1) is 30.1 Å². The van der Waals surface area contributed by atoms with Gasteiger partial charge < -0.3 is 15.0 Å². The van der Waals surface area contributed by atoms with Crippen LogP contribution in [0.25, 0.3) is 5.52 Å². The molecule has 2 aromatic heterocycles. The van der Waals surface area contributed by atoms with Gasteiger partial charge in [-0.1, -0.05) is 13.8 Å². The van der Waals surface area contributed by atoms with Gasteiger partial charge in [0, 0.05) is 12.2 Å². The molecule has 2 rings (SSSR count). The van der Waals surface area contributed by atoms with Crippen LogP contribution >= 0.6 is 0 Å². The van der Waals surface area contributed by atoms with E-state index in [1.54, 1.807) is 18.6 Å². The van der Waals surface area contributed by atoms with Gasteiger partial charge in [0.2, 0.25) is 5.91 Å². The smallest absolute Gasteiger partial charge is 0.256 e. The number of primary amides is 1. The van der Waals surface area contributed by atoms with Crippen LogP contribution in [0.5, 0.6) is 0 Å². The molecule has 0 fully saturated rings. The summed E-state index contributed by atoms with van der Waals surface area (Å²) >= 11 is 0. The van der Waals surface area contributed by atoms with Gasteiger partial charge in [-0.05, 0) is 25.0 Å². The number of carbonyl (C=O) groups excluding carboxylic acids is 2. The number of nitrogens with zero attached hydrogens (tertiary/aromatic N) is 3. The topological polar surface area (TPSA) is 80.7 Å². The molecule has 0 saturated heterocycles. The zero-order chi connectivity index (χ0) is 15.6. The summed E-state index contributed by atoms with van der Waals surface area (Å²) in [6.45, 7) is 6.27. The third kappa shape index (κ3) is 3.21. The number of carbonyl (C=O) groups is 2. The van der Waals surface area contributed by atoms with Gasteiger partial charge in [0.25, 0.3) is 5.91 Å². The quantitative estimate of drug-likeness (QED) is 0.898. The molecule has 2 heterocycles. The normalized spacial score (nSPS) is 11.0. The number of hydrogen-bond acceptors (Lipinski definition) is 3. The lowest BCUT2D eigenvalue weighted by Gasteiger charge is -2.24. The van der Waals surface area contributed by atoms with Crippen LogP contribution < -0.4 is 5.73 Å². The van der Waals surface area contributed by atoms with E-state index in [4.69, 9.17) is 5.73 Å². The Balaban J connectivity index is 2.37. The minimum atomic E-state index is -0.509. The van der Waals surface area contributed by atoms with Gasteiger partial charge in [-0.25, -0.2) is 4.98 Å². The van der Waals surface area contributed by atoms with E-state index >= 15 is 0 Å². The number of imidazole rings is 1. The highest BCUT2D eigenvalue weighted by Gasteiger charge is 2.21. The Kier molecular flexibility index (Phi) is 4.26.